The van der Waals surface area contributed by atoms with Crippen LogP contribution < -0.4 is 4.74 Å². The van der Waals surface area contributed by atoms with Crippen molar-refractivity contribution >= 4 is 0 Å². The van der Waals surface area contributed by atoms with Crippen LogP contribution in [0.5, 0.6) is 5.75 Å². The maximum absolute atomic E-state index is 13.9. The van der Waals surface area contributed by atoms with Gasteiger partial charge in [-0.3, -0.25) is 0 Å². The van der Waals surface area contributed by atoms with E-state index in [-0.39, 0.29) is 17.3 Å². The Morgan fingerprint density at radius 3 is 2.68 bits per heavy atom. The summed E-state index contributed by atoms with van der Waals surface area (Å²) in [7, 11) is 0. The first-order valence-electron chi connectivity index (χ1n) is 8.24. The van der Waals surface area contributed by atoms with Crippen LogP contribution in [0.25, 0.3) is 0 Å². The van der Waals surface area contributed by atoms with Crippen LogP contribution in [0.3, 0.4) is 0 Å². The molecule has 0 saturated heterocycles. The summed E-state index contributed by atoms with van der Waals surface area (Å²) in [5, 5.41) is 0. The molecular weight excluding hydrogens is 275 g/mol. The van der Waals surface area contributed by atoms with E-state index in [4.69, 9.17) is 4.74 Å². The minimum atomic E-state index is -0.179. The third-order valence-electron chi connectivity index (χ3n) is 5.35. The Morgan fingerprint density at radius 1 is 1.05 bits per heavy atom. The Bertz CT molecular complexity index is 691. The number of rotatable bonds is 1. The lowest BCUT2D eigenvalue weighted by molar-refractivity contribution is 0.159. The van der Waals surface area contributed by atoms with Crippen LogP contribution in [0, 0.1) is 12.7 Å². The molecule has 0 N–H and O–H groups in total. The number of hydrogen-bond donors (Lipinski definition) is 0. The Kier molecular flexibility index (Phi) is 3.21. The molecule has 2 unspecified atom stereocenters. The number of fused-ring (bicyclic) bond motifs is 3. The fraction of sp³-hybridized carbons (Fsp3) is 0.400. The second kappa shape index (κ2) is 5.12. The van der Waals surface area contributed by atoms with E-state index in [1.165, 1.54) is 36.5 Å². The van der Waals surface area contributed by atoms with E-state index in [1.807, 2.05) is 0 Å². The summed E-state index contributed by atoms with van der Waals surface area (Å²) in [4.78, 5) is 0. The quantitative estimate of drug-likeness (QED) is 0.707. The molecule has 2 aromatic rings. The molecule has 0 spiro atoms. The molecule has 1 heterocycles. The first kappa shape index (κ1) is 13.8. The Labute approximate surface area is 131 Å². The molecule has 2 atom stereocenters. The Morgan fingerprint density at radius 2 is 1.86 bits per heavy atom. The molecule has 1 fully saturated rings. The second-order valence-corrected chi connectivity index (χ2v) is 6.68. The predicted octanol–water partition coefficient (Wildman–Crippen LogP) is 5.15. The summed E-state index contributed by atoms with van der Waals surface area (Å²) < 4.78 is 20.2. The number of aryl methyl sites for hydroxylation is 1. The van der Waals surface area contributed by atoms with Gasteiger partial charge in [-0.1, -0.05) is 42.7 Å². The van der Waals surface area contributed by atoms with Gasteiger partial charge in [-0.25, -0.2) is 4.39 Å². The van der Waals surface area contributed by atoms with Crippen molar-refractivity contribution in [3.8, 4) is 5.75 Å². The largest absolute Gasteiger partial charge is 0.489 e. The zero-order valence-corrected chi connectivity index (χ0v) is 12.9. The molecular formula is C20H21FO. The first-order valence-corrected chi connectivity index (χ1v) is 8.24. The second-order valence-electron chi connectivity index (χ2n) is 6.68. The lowest BCUT2D eigenvalue weighted by Crippen LogP contribution is -2.38. The summed E-state index contributed by atoms with van der Waals surface area (Å²) in [5.41, 5.74) is 3.39. The third kappa shape index (κ3) is 1.97. The number of ether oxygens (including phenoxy) is 1. The van der Waals surface area contributed by atoms with E-state index in [9.17, 15) is 4.39 Å². The van der Waals surface area contributed by atoms with E-state index in [2.05, 4.69) is 31.2 Å². The minimum absolute atomic E-state index is 0.134. The fourth-order valence-electron chi connectivity index (χ4n) is 4.23. The van der Waals surface area contributed by atoms with Crippen molar-refractivity contribution in [1.29, 1.82) is 0 Å². The zero-order chi connectivity index (χ0) is 15.2. The summed E-state index contributed by atoms with van der Waals surface area (Å²) in [6, 6.07) is 13.7. The molecule has 0 amide bonds. The smallest absolute Gasteiger partial charge is 0.124 e. The van der Waals surface area contributed by atoms with E-state index in [0.717, 1.165) is 24.2 Å². The van der Waals surface area contributed by atoms with Crippen molar-refractivity contribution in [2.75, 3.05) is 0 Å². The highest BCUT2D eigenvalue weighted by atomic mass is 19.1. The molecule has 22 heavy (non-hydrogen) atoms. The summed E-state index contributed by atoms with van der Waals surface area (Å²) in [5.74, 6) is 0.701. The average Bonchev–Trinajstić information content (AvgIpc) is 2.68. The van der Waals surface area contributed by atoms with Gasteiger partial charge in [0.25, 0.3) is 0 Å². The molecule has 4 rings (SSSR count). The van der Waals surface area contributed by atoms with E-state index >= 15 is 0 Å². The van der Waals surface area contributed by atoms with Gasteiger partial charge in [-0.15, -0.1) is 0 Å². The van der Waals surface area contributed by atoms with Gasteiger partial charge in [0.2, 0.25) is 0 Å². The topological polar surface area (TPSA) is 9.23 Å². The van der Waals surface area contributed by atoms with Crippen LogP contribution in [0.2, 0.25) is 0 Å². The molecule has 0 bridgehead atoms. The molecule has 1 aliphatic carbocycles. The summed E-state index contributed by atoms with van der Waals surface area (Å²) in [6.45, 7) is 2.10. The number of benzene rings is 2. The molecule has 1 nitrogen and oxygen atoms in total. The monoisotopic (exact) mass is 296 g/mol. The molecule has 1 aliphatic heterocycles. The highest BCUT2D eigenvalue weighted by Crippen LogP contribution is 2.53. The molecule has 2 aliphatic rings. The lowest BCUT2D eigenvalue weighted by atomic mass is 9.68. The van der Waals surface area contributed by atoms with Crippen molar-refractivity contribution in [3.05, 3.63) is 65.0 Å². The van der Waals surface area contributed by atoms with Crippen molar-refractivity contribution < 1.29 is 9.13 Å². The Balaban J connectivity index is 1.94. The van der Waals surface area contributed by atoms with Crippen LogP contribution >= 0.6 is 0 Å². The Hall–Kier alpha value is -1.83. The van der Waals surface area contributed by atoms with Gasteiger partial charge in [-0.2, -0.15) is 0 Å². The van der Waals surface area contributed by atoms with E-state index < -0.39 is 0 Å². The maximum atomic E-state index is 13.9. The van der Waals surface area contributed by atoms with Crippen LogP contribution in [0.15, 0.2) is 42.5 Å². The molecule has 2 aromatic carbocycles. The highest BCUT2D eigenvalue weighted by Gasteiger charge is 2.50. The third-order valence-corrected chi connectivity index (χ3v) is 5.35. The standard InChI is InChI=1S/C20H21FO/c1-14-6-8-15(9-7-14)20-12-4-2-3-5-19(20)22-18-11-10-16(21)13-17(18)20/h6-11,13,19H,2-5,12H2,1H3. The fourth-order valence-corrected chi connectivity index (χ4v) is 4.23. The van der Waals surface area contributed by atoms with Crippen molar-refractivity contribution in [3.63, 3.8) is 0 Å². The maximum Gasteiger partial charge on any atom is 0.124 e. The number of hydrogen-bond acceptors (Lipinski definition) is 1. The minimum Gasteiger partial charge on any atom is -0.489 e. The van der Waals surface area contributed by atoms with Crippen molar-refractivity contribution in [1.82, 2.24) is 0 Å². The van der Waals surface area contributed by atoms with Crippen molar-refractivity contribution in [2.24, 2.45) is 0 Å². The van der Waals surface area contributed by atoms with Gasteiger partial charge in [0.15, 0.2) is 0 Å². The molecule has 114 valence electrons. The summed E-state index contributed by atoms with van der Waals surface area (Å²) >= 11 is 0. The van der Waals surface area contributed by atoms with E-state index in [1.54, 1.807) is 12.1 Å². The molecule has 0 radical (unpaired) electrons. The van der Waals surface area contributed by atoms with Crippen LogP contribution in [0.1, 0.15) is 48.8 Å². The molecule has 1 saturated carbocycles. The highest BCUT2D eigenvalue weighted by molar-refractivity contribution is 5.53. The van der Waals surface area contributed by atoms with Gasteiger partial charge in [0, 0.05) is 5.56 Å². The van der Waals surface area contributed by atoms with Gasteiger partial charge in [0.05, 0.1) is 5.41 Å². The van der Waals surface area contributed by atoms with Gasteiger partial charge in [0.1, 0.15) is 17.7 Å². The van der Waals surface area contributed by atoms with E-state index in [0.29, 0.717) is 0 Å². The lowest BCUT2D eigenvalue weighted by Gasteiger charge is -2.34. The normalized spacial score (nSPS) is 26.7. The molecule has 2 heteroatoms. The molecule has 0 aromatic heterocycles. The van der Waals surface area contributed by atoms with Gasteiger partial charge < -0.3 is 4.74 Å². The van der Waals surface area contributed by atoms with Crippen LogP contribution in [0.4, 0.5) is 4.39 Å². The average molecular weight is 296 g/mol. The summed E-state index contributed by atoms with van der Waals surface area (Å²) in [6.07, 6.45) is 5.81. The van der Waals surface area contributed by atoms with Gasteiger partial charge in [-0.05, 0) is 49.9 Å². The van der Waals surface area contributed by atoms with Crippen LogP contribution in [-0.2, 0) is 5.41 Å². The number of halogens is 1. The van der Waals surface area contributed by atoms with Crippen molar-refractivity contribution in [2.45, 2.75) is 50.5 Å². The van der Waals surface area contributed by atoms with Crippen LogP contribution in [-0.4, -0.2) is 6.10 Å². The SMILES string of the molecule is Cc1ccc(C23CCCCCC2Oc2ccc(F)cc23)cc1. The predicted molar refractivity (Wildman–Crippen MR) is 85.9 cm³/mol. The van der Waals surface area contributed by atoms with Gasteiger partial charge >= 0.3 is 0 Å². The first-order chi connectivity index (χ1) is 10.7. The zero-order valence-electron chi connectivity index (χ0n) is 12.9.